The lowest BCUT2D eigenvalue weighted by Gasteiger charge is -2.39. The van der Waals surface area contributed by atoms with E-state index >= 15 is 0 Å². The number of piperidine rings is 1. The number of amides is 3. The Hall–Kier alpha value is -1.79. The fraction of sp³-hybridized carbons (Fsp3) is 0.750. The van der Waals surface area contributed by atoms with Crippen LogP contribution < -0.4 is 5.32 Å². The predicted octanol–water partition coefficient (Wildman–Crippen LogP) is -0.277. The lowest BCUT2D eigenvalue weighted by Crippen LogP contribution is -2.60. The molecule has 0 aromatic carbocycles. The van der Waals surface area contributed by atoms with Gasteiger partial charge in [0.05, 0.1) is 5.92 Å². The molecule has 7 nitrogen and oxygen atoms in total. The maximum absolute atomic E-state index is 12.4. The van der Waals surface area contributed by atoms with Crippen molar-refractivity contribution in [2.75, 3.05) is 26.2 Å². The van der Waals surface area contributed by atoms with Gasteiger partial charge in [0.2, 0.25) is 5.91 Å². The minimum absolute atomic E-state index is 0.161. The van der Waals surface area contributed by atoms with E-state index in [0.717, 1.165) is 0 Å². The highest BCUT2D eigenvalue weighted by atomic mass is 16.4. The van der Waals surface area contributed by atoms with E-state index in [9.17, 15) is 14.4 Å². The molecule has 0 bridgehead atoms. The predicted molar refractivity (Wildman–Crippen MR) is 66.5 cm³/mol. The van der Waals surface area contributed by atoms with Crippen molar-refractivity contribution in [1.29, 1.82) is 0 Å². The van der Waals surface area contributed by atoms with E-state index in [1.54, 1.807) is 11.8 Å². The summed E-state index contributed by atoms with van der Waals surface area (Å²) in [6, 6.07) is -0.722. The van der Waals surface area contributed by atoms with E-state index in [0.29, 0.717) is 32.5 Å². The molecule has 2 N–H and O–H groups in total. The van der Waals surface area contributed by atoms with Crippen LogP contribution in [-0.2, 0) is 9.59 Å². The Kier molecular flexibility index (Phi) is 3.92. The largest absolute Gasteiger partial charge is 0.481 e. The number of hydrogen-bond acceptors (Lipinski definition) is 3. The molecule has 2 aliphatic rings. The van der Waals surface area contributed by atoms with Crippen LogP contribution >= 0.6 is 0 Å². The Morgan fingerprint density at radius 1 is 1.37 bits per heavy atom. The highest BCUT2D eigenvalue weighted by Gasteiger charge is 2.35. The third-order valence-corrected chi connectivity index (χ3v) is 3.79. The second kappa shape index (κ2) is 5.46. The minimum Gasteiger partial charge on any atom is -0.481 e. The number of aliphatic carboxylic acids is 1. The fourth-order valence-corrected chi connectivity index (χ4v) is 2.58. The number of carbonyl (C=O) groups is 3. The average Bonchev–Trinajstić information content (AvgIpc) is 2.41. The molecule has 2 aliphatic heterocycles. The number of likely N-dealkylation sites (tertiary alicyclic amines) is 1. The number of piperazine rings is 1. The molecule has 2 heterocycles. The van der Waals surface area contributed by atoms with Crippen LogP contribution in [0, 0.1) is 5.92 Å². The molecule has 2 rings (SSSR count). The van der Waals surface area contributed by atoms with Gasteiger partial charge in [0.15, 0.2) is 0 Å². The monoisotopic (exact) mass is 269 g/mol. The Bertz CT molecular complexity index is 398. The lowest BCUT2D eigenvalue weighted by atomic mass is 9.98. The van der Waals surface area contributed by atoms with Crippen LogP contribution in [0.1, 0.15) is 19.8 Å². The Balaban J connectivity index is 2.02. The summed E-state index contributed by atoms with van der Waals surface area (Å²) >= 11 is 0. The zero-order chi connectivity index (χ0) is 14.0. The number of nitrogens with one attached hydrogen (secondary N) is 1. The topological polar surface area (TPSA) is 90.0 Å². The molecule has 1 unspecified atom stereocenters. The molecule has 106 valence electrons. The first-order valence-electron chi connectivity index (χ1n) is 6.56. The van der Waals surface area contributed by atoms with Gasteiger partial charge in [-0.3, -0.25) is 9.59 Å². The number of nitrogens with zero attached hydrogens (tertiary/aromatic N) is 2. The molecule has 0 saturated carbocycles. The summed E-state index contributed by atoms with van der Waals surface area (Å²) in [5.74, 6) is -1.51. The summed E-state index contributed by atoms with van der Waals surface area (Å²) < 4.78 is 0. The summed E-state index contributed by atoms with van der Waals surface area (Å²) in [6.07, 6.45) is 1.30. The van der Waals surface area contributed by atoms with Crippen LogP contribution in [0.2, 0.25) is 0 Å². The second-order valence-corrected chi connectivity index (χ2v) is 5.07. The molecule has 19 heavy (non-hydrogen) atoms. The Morgan fingerprint density at radius 2 is 2.11 bits per heavy atom. The number of carbonyl (C=O) groups excluding carboxylic acids is 2. The summed E-state index contributed by atoms with van der Waals surface area (Å²) in [4.78, 5) is 38.0. The standard InChI is InChI=1S/C12H19N3O4/c1-8-10(16)13-4-6-15(8)12(19)14-5-2-3-9(7-14)11(17)18/h8-9H,2-7H2,1H3,(H,13,16)(H,17,18)/t8?,9-/m0/s1. The highest BCUT2D eigenvalue weighted by Crippen LogP contribution is 2.19. The highest BCUT2D eigenvalue weighted by molar-refractivity contribution is 5.88. The van der Waals surface area contributed by atoms with Gasteiger partial charge in [-0.2, -0.15) is 0 Å². The molecule has 0 spiro atoms. The molecule has 0 aromatic heterocycles. The molecule has 7 heteroatoms. The van der Waals surface area contributed by atoms with E-state index in [1.807, 2.05) is 0 Å². The fourth-order valence-electron chi connectivity index (χ4n) is 2.58. The van der Waals surface area contributed by atoms with Crippen molar-refractivity contribution >= 4 is 17.9 Å². The quantitative estimate of drug-likeness (QED) is 0.685. The number of urea groups is 1. The van der Waals surface area contributed by atoms with Crippen LogP contribution in [0.3, 0.4) is 0 Å². The molecule has 3 amide bonds. The molecule has 0 aliphatic carbocycles. The summed E-state index contributed by atoms with van der Waals surface area (Å²) in [6.45, 7) is 3.41. The molecule has 0 radical (unpaired) electrons. The van der Waals surface area contributed by atoms with Gasteiger partial charge in [0, 0.05) is 26.2 Å². The molecular formula is C12H19N3O4. The van der Waals surface area contributed by atoms with Gasteiger partial charge < -0.3 is 20.2 Å². The van der Waals surface area contributed by atoms with Gasteiger partial charge in [-0.15, -0.1) is 0 Å². The third-order valence-electron chi connectivity index (χ3n) is 3.79. The van der Waals surface area contributed by atoms with E-state index in [2.05, 4.69) is 5.32 Å². The van der Waals surface area contributed by atoms with Crippen molar-refractivity contribution in [3.63, 3.8) is 0 Å². The normalized spacial score (nSPS) is 27.9. The summed E-state index contributed by atoms with van der Waals surface area (Å²) in [5, 5.41) is 11.7. The maximum atomic E-state index is 12.4. The van der Waals surface area contributed by atoms with Crippen molar-refractivity contribution < 1.29 is 19.5 Å². The van der Waals surface area contributed by atoms with Gasteiger partial charge in [0.25, 0.3) is 0 Å². The molecular weight excluding hydrogens is 250 g/mol. The van der Waals surface area contributed by atoms with Gasteiger partial charge in [0.1, 0.15) is 6.04 Å². The van der Waals surface area contributed by atoms with E-state index < -0.39 is 17.9 Å². The first kappa shape index (κ1) is 13.6. The zero-order valence-corrected chi connectivity index (χ0v) is 11.0. The summed E-state index contributed by atoms with van der Waals surface area (Å²) in [7, 11) is 0. The Morgan fingerprint density at radius 3 is 2.79 bits per heavy atom. The van der Waals surface area contributed by atoms with E-state index in [1.165, 1.54) is 4.90 Å². The molecule has 0 aromatic rings. The second-order valence-electron chi connectivity index (χ2n) is 5.07. The van der Waals surface area contributed by atoms with Crippen LogP contribution in [0.25, 0.3) is 0 Å². The first-order valence-corrected chi connectivity index (χ1v) is 6.56. The number of hydrogen-bond donors (Lipinski definition) is 2. The van der Waals surface area contributed by atoms with Gasteiger partial charge in [-0.1, -0.05) is 0 Å². The molecule has 2 fully saturated rings. The number of carboxylic acid groups (broad SMARTS) is 1. The van der Waals surface area contributed by atoms with Crippen molar-refractivity contribution in [3.05, 3.63) is 0 Å². The van der Waals surface area contributed by atoms with Crippen LogP contribution in [0.4, 0.5) is 4.79 Å². The molecule has 2 atom stereocenters. The number of carboxylic acids is 1. The first-order chi connectivity index (χ1) is 9.00. The lowest BCUT2D eigenvalue weighted by molar-refractivity contribution is -0.143. The molecule has 2 saturated heterocycles. The van der Waals surface area contributed by atoms with Crippen molar-refractivity contribution in [3.8, 4) is 0 Å². The smallest absolute Gasteiger partial charge is 0.320 e. The van der Waals surface area contributed by atoms with E-state index in [-0.39, 0.29) is 18.5 Å². The number of rotatable bonds is 1. The van der Waals surface area contributed by atoms with Crippen LogP contribution in [-0.4, -0.2) is 65.0 Å². The Labute approximate surface area is 111 Å². The van der Waals surface area contributed by atoms with Crippen LogP contribution in [0.15, 0.2) is 0 Å². The average molecular weight is 269 g/mol. The minimum atomic E-state index is -0.859. The zero-order valence-electron chi connectivity index (χ0n) is 11.0. The van der Waals surface area contributed by atoms with Gasteiger partial charge in [-0.25, -0.2) is 4.79 Å². The van der Waals surface area contributed by atoms with E-state index in [4.69, 9.17) is 5.11 Å². The third kappa shape index (κ3) is 2.80. The van der Waals surface area contributed by atoms with Crippen LogP contribution in [0.5, 0.6) is 0 Å². The SMILES string of the molecule is CC1C(=O)NCCN1C(=O)N1CCC[C@H](C(=O)O)C1. The summed E-state index contributed by atoms with van der Waals surface area (Å²) in [5.41, 5.74) is 0. The van der Waals surface area contributed by atoms with Crippen molar-refractivity contribution in [2.24, 2.45) is 5.92 Å². The van der Waals surface area contributed by atoms with Gasteiger partial charge >= 0.3 is 12.0 Å². The maximum Gasteiger partial charge on any atom is 0.320 e. The van der Waals surface area contributed by atoms with Crippen molar-refractivity contribution in [2.45, 2.75) is 25.8 Å². The van der Waals surface area contributed by atoms with Crippen molar-refractivity contribution in [1.82, 2.24) is 15.1 Å². The van der Waals surface area contributed by atoms with Gasteiger partial charge in [-0.05, 0) is 19.8 Å².